The number of carbonyl (C=O) groups excluding carboxylic acids is 1. The number of nitrogens with one attached hydrogen (secondary N) is 1. The SMILES string of the molecule is O=C(NCc1cccc(Br)c1)c1cc(S)ccc1Br. The molecule has 0 saturated carbocycles. The van der Waals surface area contributed by atoms with Crippen LogP contribution in [-0.4, -0.2) is 5.91 Å². The number of thiol groups is 1. The third-order valence-electron chi connectivity index (χ3n) is 2.54. The number of rotatable bonds is 3. The van der Waals surface area contributed by atoms with Crippen molar-refractivity contribution in [2.24, 2.45) is 0 Å². The molecule has 0 heterocycles. The van der Waals surface area contributed by atoms with E-state index in [1.807, 2.05) is 36.4 Å². The second-order valence-corrected chi connectivity index (χ2v) is 6.26. The van der Waals surface area contributed by atoms with Crippen LogP contribution in [0.1, 0.15) is 15.9 Å². The van der Waals surface area contributed by atoms with E-state index in [1.165, 1.54) is 0 Å². The molecule has 0 radical (unpaired) electrons. The summed E-state index contributed by atoms with van der Waals surface area (Å²) in [5.41, 5.74) is 1.63. The van der Waals surface area contributed by atoms with Crippen molar-refractivity contribution in [3.05, 3.63) is 62.5 Å². The summed E-state index contributed by atoms with van der Waals surface area (Å²) in [6.07, 6.45) is 0. The molecule has 0 aliphatic rings. The van der Waals surface area contributed by atoms with Gasteiger partial charge in [-0.15, -0.1) is 12.6 Å². The van der Waals surface area contributed by atoms with Gasteiger partial charge in [-0.05, 0) is 51.8 Å². The molecule has 0 atom stereocenters. The van der Waals surface area contributed by atoms with Crippen LogP contribution in [0.5, 0.6) is 0 Å². The Morgan fingerprint density at radius 3 is 2.68 bits per heavy atom. The molecule has 2 aromatic rings. The maximum atomic E-state index is 12.1. The number of halogens is 2. The van der Waals surface area contributed by atoms with E-state index < -0.39 is 0 Å². The fraction of sp³-hybridized carbons (Fsp3) is 0.0714. The third-order valence-corrected chi connectivity index (χ3v) is 4.00. The van der Waals surface area contributed by atoms with Crippen molar-refractivity contribution in [1.82, 2.24) is 5.32 Å². The normalized spacial score (nSPS) is 10.3. The van der Waals surface area contributed by atoms with E-state index in [4.69, 9.17) is 0 Å². The molecule has 0 aromatic heterocycles. The van der Waals surface area contributed by atoms with Gasteiger partial charge in [0.1, 0.15) is 0 Å². The van der Waals surface area contributed by atoms with Crippen molar-refractivity contribution in [1.29, 1.82) is 0 Å². The molecule has 2 aromatic carbocycles. The Hall–Kier alpha value is -0.780. The Labute approximate surface area is 134 Å². The summed E-state index contributed by atoms with van der Waals surface area (Å²) in [6.45, 7) is 0.488. The lowest BCUT2D eigenvalue weighted by molar-refractivity contribution is 0.0950. The van der Waals surface area contributed by atoms with E-state index >= 15 is 0 Å². The highest BCUT2D eigenvalue weighted by molar-refractivity contribution is 9.10. The van der Waals surface area contributed by atoms with Gasteiger partial charge in [0, 0.05) is 20.4 Å². The van der Waals surface area contributed by atoms with Gasteiger partial charge in [-0.25, -0.2) is 0 Å². The largest absolute Gasteiger partial charge is 0.348 e. The Bertz CT molecular complexity index is 616. The topological polar surface area (TPSA) is 29.1 Å². The second kappa shape index (κ2) is 6.59. The van der Waals surface area contributed by atoms with Crippen LogP contribution in [0, 0.1) is 0 Å². The molecule has 2 rings (SSSR count). The summed E-state index contributed by atoms with van der Waals surface area (Å²) in [5.74, 6) is -0.122. The zero-order valence-corrected chi connectivity index (χ0v) is 13.9. The van der Waals surface area contributed by atoms with Gasteiger partial charge >= 0.3 is 0 Å². The van der Waals surface area contributed by atoms with Crippen LogP contribution in [-0.2, 0) is 6.54 Å². The van der Waals surface area contributed by atoms with Crippen molar-refractivity contribution in [2.75, 3.05) is 0 Å². The highest BCUT2D eigenvalue weighted by Gasteiger charge is 2.10. The van der Waals surface area contributed by atoms with E-state index in [-0.39, 0.29) is 5.91 Å². The lowest BCUT2D eigenvalue weighted by Gasteiger charge is -2.08. The molecule has 0 bridgehead atoms. The zero-order chi connectivity index (χ0) is 13.8. The molecule has 1 amide bonds. The van der Waals surface area contributed by atoms with Crippen molar-refractivity contribution in [3.8, 4) is 0 Å². The van der Waals surface area contributed by atoms with Crippen LogP contribution >= 0.6 is 44.5 Å². The van der Waals surface area contributed by atoms with Gasteiger partial charge in [-0.2, -0.15) is 0 Å². The summed E-state index contributed by atoms with van der Waals surface area (Å²) in [7, 11) is 0. The van der Waals surface area contributed by atoms with E-state index in [0.717, 1.165) is 19.4 Å². The average molecular weight is 401 g/mol. The van der Waals surface area contributed by atoms with Crippen molar-refractivity contribution >= 4 is 50.4 Å². The van der Waals surface area contributed by atoms with Crippen LogP contribution < -0.4 is 5.32 Å². The van der Waals surface area contributed by atoms with E-state index in [9.17, 15) is 4.79 Å². The quantitative estimate of drug-likeness (QED) is 0.733. The van der Waals surface area contributed by atoms with Crippen LogP contribution in [0.25, 0.3) is 0 Å². The van der Waals surface area contributed by atoms with Crippen molar-refractivity contribution < 1.29 is 4.79 Å². The third kappa shape index (κ3) is 4.09. The molecule has 0 saturated heterocycles. The van der Waals surface area contributed by atoms with E-state index in [0.29, 0.717) is 12.1 Å². The second-order valence-electron chi connectivity index (χ2n) is 3.98. The number of carbonyl (C=O) groups is 1. The molecule has 0 unspecified atom stereocenters. The fourth-order valence-electron chi connectivity index (χ4n) is 1.61. The minimum Gasteiger partial charge on any atom is -0.348 e. The molecule has 0 aliphatic carbocycles. The Kier molecular flexibility index (Phi) is 5.07. The molecule has 0 fully saturated rings. The van der Waals surface area contributed by atoms with Gasteiger partial charge in [0.25, 0.3) is 5.91 Å². The molecule has 2 nitrogen and oxygen atoms in total. The van der Waals surface area contributed by atoms with Crippen LogP contribution in [0.15, 0.2) is 56.3 Å². The summed E-state index contributed by atoms with van der Waals surface area (Å²) in [5, 5.41) is 2.89. The summed E-state index contributed by atoms with van der Waals surface area (Å²) >= 11 is 11.0. The fourth-order valence-corrected chi connectivity index (χ4v) is 2.69. The first-order chi connectivity index (χ1) is 9.06. The first kappa shape index (κ1) is 14.6. The van der Waals surface area contributed by atoms with Crippen molar-refractivity contribution in [3.63, 3.8) is 0 Å². The zero-order valence-electron chi connectivity index (χ0n) is 9.86. The van der Waals surface area contributed by atoms with Gasteiger partial charge in [0.2, 0.25) is 0 Å². The minimum absolute atomic E-state index is 0.122. The molecule has 5 heteroatoms. The van der Waals surface area contributed by atoms with Gasteiger partial charge in [0.05, 0.1) is 5.56 Å². The molecule has 0 aliphatic heterocycles. The predicted molar refractivity (Wildman–Crippen MR) is 86.7 cm³/mol. The maximum absolute atomic E-state index is 12.1. The van der Waals surface area contributed by atoms with Gasteiger partial charge < -0.3 is 5.32 Å². The standard InChI is InChI=1S/C14H11Br2NOS/c15-10-3-1-2-9(6-10)8-17-14(18)12-7-11(19)4-5-13(12)16/h1-7,19H,8H2,(H,17,18). The van der Waals surface area contributed by atoms with Crippen LogP contribution in [0.2, 0.25) is 0 Å². The average Bonchev–Trinajstić information content (AvgIpc) is 2.39. The first-order valence-electron chi connectivity index (χ1n) is 5.57. The van der Waals surface area contributed by atoms with Crippen LogP contribution in [0.3, 0.4) is 0 Å². The summed E-state index contributed by atoms with van der Waals surface area (Å²) in [6, 6.07) is 13.2. The van der Waals surface area contributed by atoms with E-state index in [1.54, 1.807) is 6.07 Å². The van der Waals surface area contributed by atoms with Gasteiger partial charge in [-0.3, -0.25) is 4.79 Å². The van der Waals surface area contributed by atoms with Crippen LogP contribution in [0.4, 0.5) is 0 Å². The molecule has 1 N–H and O–H groups in total. The maximum Gasteiger partial charge on any atom is 0.252 e. The number of benzene rings is 2. The lowest BCUT2D eigenvalue weighted by Crippen LogP contribution is -2.23. The molecular weight excluding hydrogens is 390 g/mol. The first-order valence-corrected chi connectivity index (χ1v) is 7.61. The Balaban J connectivity index is 2.07. The predicted octanol–water partition coefficient (Wildman–Crippen LogP) is 4.43. The smallest absolute Gasteiger partial charge is 0.252 e. The highest BCUT2D eigenvalue weighted by Crippen LogP contribution is 2.20. The highest BCUT2D eigenvalue weighted by atomic mass is 79.9. The molecule has 98 valence electrons. The lowest BCUT2D eigenvalue weighted by atomic mass is 10.2. The summed E-state index contributed by atoms with van der Waals surface area (Å²) < 4.78 is 1.76. The number of hydrogen-bond donors (Lipinski definition) is 2. The number of hydrogen-bond acceptors (Lipinski definition) is 2. The molecule has 19 heavy (non-hydrogen) atoms. The van der Waals surface area contributed by atoms with Crippen molar-refractivity contribution in [2.45, 2.75) is 11.4 Å². The van der Waals surface area contributed by atoms with Gasteiger partial charge in [-0.1, -0.05) is 28.1 Å². The molecule has 0 spiro atoms. The number of amides is 1. The minimum atomic E-state index is -0.122. The molecular formula is C14H11Br2NOS. The van der Waals surface area contributed by atoms with E-state index in [2.05, 4.69) is 49.8 Å². The van der Waals surface area contributed by atoms with Gasteiger partial charge in [0.15, 0.2) is 0 Å². The Morgan fingerprint density at radius 2 is 1.95 bits per heavy atom. The Morgan fingerprint density at radius 1 is 1.16 bits per heavy atom. The summed E-state index contributed by atoms with van der Waals surface area (Å²) in [4.78, 5) is 12.8. The monoisotopic (exact) mass is 399 g/mol.